The summed E-state index contributed by atoms with van der Waals surface area (Å²) in [4.78, 5) is -0.209. The molecule has 9 nitrogen and oxygen atoms in total. The Labute approximate surface area is 191 Å². The summed E-state index contributed by atoms with van der Waals surface area (Å²) in [5.74, 6) is 1.09. The van der Waals surface area contributed by atoms with Crippen molar-refractivity contribution in [2.45, 2.75) is 38.3 Å². The summed E-state index contributed by atoms with van der Waals surface area (Å²) in [5.41, 5.74) is 1.42. The maximum atomic E-state index is 13.6. The average molecular weight is 484 g/mol. The maximum absolute atomic E-state index is 13.6. The number of hydrogen-bond donors (Lipinski definition) is 0. The van der Waals surface area contributed by atoms with E-state index in [0.717, 1.165) is 5.56 Å². The molecule has 0 aliphatic heterocycles. The molecule has 1 aromatic carbocycles. The first kappa shape index (κ1) is 24.6. The third-order valence-electron chi connectivity index (χ3n) is 5.26. The van der Waals surface area contributed by atoms with Crippen LogP contribution in [0.25, 0.3) is 0 Å². The van der Waals surface area contributed by atoms with E-state index in [1.54, 1.807) is 36.3 Å². The van der Waals surface area contributed by atoms with Crippen LogP contribution in [0, 0.1) is 13.8 Å². The molecular formula is C21H27F2N5O4S. The van der Waals surface area contributed by atoms with E-state index in [-0.39, 0.29) is 29.4 Å². The van der Waals surface area contributed by atoms with Crippen molar-refractivity contribution in [2.24, 2.45) is 7.05 Å². The second kappa shape index (κ2) is 9.87. The number of aromatic nitrogens is 4. The molecule has 0 unspecified atom stereocenters. The third kappa shape index (κ3) is 5.17. The first-order valence-electron chi connectivity index (χ1n) is 10.1. The summed E-state index contributed by atoms with van der Waals surface area (Å²) < 4.78 is 67.7. The second-order valence-electron chi connectivity index (χ2n) is 7.52. The van der Waals surface area contributed by atoms with Crippen molar-refractivity contribution < 1.29 is 26.7 Å². The molecule has 0 fully saturated rings. The highest BCUT2D eigenvalue weighted by Gasteiger charge is 2.32. The van der Waals surface area contributed by atoms with Gasteiger partial charge in [0.1, 0.15) is 4.90 Å². The number of alkyl halides is 2. The minimum absolute atomic E-state index is 0.0232. The predicted molar refractivity (Wildman–Crippen MR) is 117 cm³/mol. The minimum atomic E-state index is -4.14. The lowest BCUT2D eigenvalue weighted by atomic mass is 10.1. The molecule has 0 saturated heterocycles. The van der Waals surface area contributed by atoms with Crippen molar-refractivity contribution in [3.05, 3.63) is 53.1 Å². The second-order valence-corrected chi connectivity index (χ2v) is 9.40. The van der Waals surface area contributed by atoms with Crippen LogP contribution in [0.2, 0.25) is 0 Å². The monoisotopic (exact) mass is 483 g/mol. The van der Waals surface area contributed by atoms with Gasteiger partial charge in [-0.1, -0.05) is 6.07 Å². The van der Waals surface area contributed by atoms with Crippen LogP contribution in [0.4, 0.5) is 8.78 Å². The average Bonchev–Trinajstić information content (AvgIpc) is 3.32. The summed E-state index contributed by atoms with van der Waals surface area (Å²) in [7, 11) is 0.643. The van der Waals surface area contributed by atoms with E-state index in [2.05, 4.69) is 10.2 Å². The molecule has 0 radical (unpaired) electrons. The molecule has 33 heavy (non-hydrogen) atoms. The molecule has 0 amide bonds. The molecule has 0 spiro atoms. The van der Waals surface area contributed by atoms with Crippen molar-refractivity contribution in [1.29, 1.82) is 0 Å². The normalized spacial score (nSPS) is 12.0. The molecule has 0 atom stereocenters. The number of hydrogen-bond acceptors (Lipinski definition) is 6. The Hall–Kier alpha value is -2.99. The van der Waals surface area contributed by atoms with Crippen molar-refractivity contribution in [2.75, 3.05) is 20.8 Å². The molecule has 0 saturated carbocycles. The Balaban J connectivity index is 1.96. The molecule has 180 valence electrons. The number of ether oxygens (including phenoxy) is 2. The van der Waals surface area contributed by atoms with Gasteiger partial charge >= 0.3 is 6.55 Å². The van der Waals surface area contributed by atoms with Crippen LogP contribution in [0.1, 0.15) is 29.1 Å². The van der Waals surface area contributed by atoms with Gasteiger partial charge in [0, 0.05) is 31.9 Å². The molecule has 0 N–H and O–H groups in total. The topological polar surface area (TPSA) is 91.5 Å². The van der Waals surface area contributed by atoms with Crippen molar-refractivity contribution in [3.8, 4) is 11.5 Å². The molecule has 0 aliphatic rings. The van der Waals surface area contributed by atoms with E-state index in [1.807, 2.05) is 6.07 Å². The highest BCUT2D eigenvalue weighted by molar-refractivity contribution is 7.89. The number of sulfonamides is 1. The lowest BCUT2D eigenvalue weighted by Crippen LogP contribution is -2.33. The lowest BCUT2D eigenvalue weighted by Gasteiger charge is -2.22. The summed E-state index contributed by atoms with van der Waals surface area (Å²) in [6.07, 6.45) is 3.64. The first-order chi connectivity index (χ1) is 15.6. The van der Waals surface area contributed by atoms with Gasteiger partial charge in [0.15, 0.2) is 11.5 Å². The van der Waals surface area contributed by atoms with E-state index >= 15 is 0 Å². The zero-order valence-corrected chi connectivity index (χ0v) is 19.9. The Morgan fingerprint density at radius 1 is 1.12 bits per heavy atom. The van der Waals surface area contributed by atoms with Gasteiger partial charge in [-0.25, -0.2) is 13.1 Å². The van der Waals surface area contributed by atoms with Crippen molar-refractivity contribution in [3.63, 3.8) is 0 Å². The van der Waals surface area contributed by atoms with E-state index in [1.165, 1.54) is 32.4 Å². The summed E-state index contributed by atoms with van der Waals surface area (Å²) >= 11 is 0. The fraction of sp³-hybridized carbons (Fsp3) is 0.429. The Bertz CT molecular complexity index is 1220. The van der Waals surface area contributed by atoms with Gasteiger partial charge in [0.2, 0.25) is 10.0 Å². The van der Waals surface area contributed by atoms with Crippen molar-refractivity contribution >= 4 is 10.0 Å². The fourth-order valence-electron chi connectivity index (χ4n) is 3.67. The van der Waals surface area contributed by atoms with E-state index in [0.29, 0.717) is 28.2 Å². The van der Waals surface area contributed by atoms with Gasteiger partial charge < -0.3 is 9.47 Å². The highest BCUT2D eigenvalue weighted by atomic mass is 32.2. The van der Waals surface area contributed by atoms with Gasteiger partial charge in [-0.2, -0.15) is 23.3 Å². The molecule has 0 bridgehead atoms. The van der Waals surface area contributed by atoms with Crippen LogP contribution in [0.15, 0.2) is 35.5 Å². The Kier molecular flexibility index (Phi) is 7.38. The van der Waals surface area contributed by atoms with Crippen LogP contribution < -0.4 is 9.47 Å². The van der Waals surface area contributed by atoms with Crippen LogP contribution in [0.5, 0.6) is 11.5 Å². The molecule has 2 aromatic heterocycles. The molecule has 3 rings (SSSR count). The fourth-order valence-corrected chi connectivity index (χ4v) is 5.46. The number of methoxy groups -OCH3 is 2. The molecule has 12 heteroatoms. The number of rotatable bonds is 10. The molecular weight excluding hydrogens is 456 g/mol. The largest absolute Gasteiger partial charge is 0.493 e. The Morgan fingerprint density at radius 3 is 2.36 bits per heavy atom. The quantitative estimate of drug-likeness (QED) is 0.440. The summed E-state index contributed by atoms with van der Waals surface area (Å²) in [5, 5.41) is 7.84. The number of halogens is 2. The highest BCUT2D eigenvalue weighted by Crippen LogP contribution is 2.30. The van der Waals surface area contributed by atoms with Gasteiger partial charge in [0.25, 0.3) is 0 Å². The van der Waals surface area contributed by atoms with E-state index in [4.69, 9.17) is 9.47 Å². The summed E-state index contributed by atoms with van der Waals surface area (Å²) in [6, 6.07) is 5.34. The number of benzene rings is 1. The first-order valence-corrected chi connectivity index (χ1v) is 11.5. The van der Waals surface area contributed by atoms with Gasteiger partial charge in [-0.05, 0) is 38.0 Å². The zero-order chi connectivity index (χ0) is 24.3. The van der Waals surface area contributed by atoms with Gasteiger partial charge in [0.05, 0.1) is 31.8 Å². The minimum Gasteiger partial charge on any atom is -0.493 e. The lowest BCUT2D eigenvalue weighted by molar-refractivity contribution is 0.0538. The number of aryl methyl sites for hydroxylation is 2. The Morgan fingerprint density at radius 2 is 1.82 bits per heavy atom. The van der Waals surface area contributed by atoms with Crippen molar-refractivity contribution in [1.82, 2.24) is 23.9 Å². The SMILES string of the molecule is COc1ccc(CCN(Cc2cnn(C)c2)S(=O)(=O)c2c(C)nn(C(F)F)c2C)cc1OC. The molecule has 2 heterocycles. The van der Waals surface area contributed by atoms with Gasteiger partial charge in [-0.3, -0.25) is 4.68 Å². The maximum Gasteiger partial charge on any atom is 0.333 e. The van der Waals surface area contributed by atoms with Crippen LogP contribution in [-0.4, -0.2) is 53.0 Å². The van der Waals surface area contributed by atoms with Crippen LogP contribution in [0.3, 0.4) is 0 Å². The molecule has 0 aliphatic carbocycles. The van der Waals surface area contributed by atoms with E-state index in [9.17, 15) is 17.2 Å². The van der Waals surface area contributed by atoms with Crippen LogP contribution >= 0.6 is 0 Å². The number of nitrogens with zero attached hydrogens (tertiary/aromatic N) is 5. The van der Waals surface area contributed by atoms with Gasteiger partial charge in [-0.15, -0.1) is 0 Å². The summed E-state index contributed by atoms with van der Waals surface area (Å²) in [6.45, 7) is -0.0651. The molecule has 3 aromatic rings. The smallest absolute Gasteiger partial charge is 0.333 e. The van der Waals surface area contributed by atoms with E-state index < -0.39 is 16.6 Å². The predicted octanol–water partition coefficient (Wildman–Crippen LogP) is 3.08. The standard InChI is InChI=1S/C21H27F2N5O4S/c1-14-20(15(2)28(25-14)21(22)23)33(29,30)27(13-17-11-24-26(3)12-17)9-8-16-6-7-18(31-4)19(10-16)32-5/h6-7,10-12,21H,8-9,13H2,1-5H3. The van der Waals surface area contributed by atoms with Crippen LogP contribution in [-0.2, 0) is 30.0 Å². The third-order valence-corrected chi connectivity index (χ3v) is 7.35. The zero-order valence-electron chi connectivity index (χ0n) is 19.1.